The highest BCUT2D eigenvalue weighted by Gasteiger charge is 2.35. The number of carbonyl (C=O) groups is 1. The molecule has 1 aromatic carbocycles. The first-order chi connectivity index (χ1) is 9.94. The molecule has 0 saturated heterocycles. The first kappa shape index (κ1) is 16.4. The Kier molecular flexibility index (Phi) is 5.32. The predicted octanol–water partition coefficient (Wildman–Crippen LogP) is 3.70. The lowest BCUT2D eigenvalue weighted by atomic mass is 9.89. The molecule has 3 nitrogen and oxygen atoms in total. The topological polar surface area (TPSA) is 55.1 Å². The summed E-state index contributed by atoms with van der Waals surface area (Å²) in [6, 6.07) is 4.19. The molecule has 1 aromatic rings. The van der Waals surface area contributed by atoms with Crippen LogP contribution in [0.15, 0.2) is 22.7 Å². The molecule has 0 atom stereocenters. The molecule has 21 heavy (non-hydrogen) atoms. The SMILES string of the molecule is NC(=S)C1(NC(=O)c2ccc(F)c(Br)c2)CCCCCC1. The number of amides is 1. The summed E-state index contributed by atoms with van der Waals surface area (Å²) in [4.78, 5) is 12.8. The van der Waals surface area contributed by atoms with Gasteiger partial charge in [-0.2, -0.15) is 0 Å². The molecule has 1 amide bonds. The first-order valence-corrected chi connectivity index (χ1v) is 8.22. The molecule has 0 radical (unpaired) electrons. The zero-order chi connectivity index (χ0) is 15.5. The van der Waals surface area contributed by atoms with Crippen LogP contribution < -0.4 is 11.1 Å². The molecule has 1 saturated carbocycles. The van der Waals surface area contributed by atoms with Crippen LogP contribution in [0, 0.1) is 5.82 Å². The number of rotatable bonds is 3. The smallest absolute Gasteiger partial charge is 0.252 e. The maximum Gasteiger partial charge on any atom is 0.252 e. The van der Waals surface area contributed by atoms with Gasteiger partial charge in [0.15, 0.2) is 0 Å². The third-order valence-electron chi connectivity index (χ3n) is 3.96. The molecular weight excluding hydrogens is 355 g/mol. The van der Waals surface area contributed by atoms with Crippen molar-refractivity contribution in [2.45, 2.75) is 44.1 Å². The van der Waals surface area contributed by atoms with Gasteiger partial charge in [0.2, 0.25) is 0 Å². The second kappa shape index (κ2) is 6.83. The van der Waals surface area contributed by atoms with E-state index < -0.39 is 11.4 Å². The lowest BCUT2D eigenvalue weighted by Gasteiger charge is -2.33. The normalized spacial score (nSPS) is 17.8. The fraction of sp³-hybridized carbons (Fsp3) is 0.467. The van der Waals surface area contributed by atoms with Crippen molar-refractivity contribution in [3.63, 3.8) is 0 Å². The van der Waals surface area contributed by atoms with E-state index in [1.807, 2.05) is 0 Å². The van der Waals surface area contributed by atoms with Gasteiger partial charge in [-0.05, 0) is 47.0 Å². The van der Waals surface area contributed by atoms with E-state index in [9.17, 15) is 9.18 Å². The minimum Gasteiger partial charge on any atom is -0.391 e. The Bertz CT molecular complexity index is 557. The van der Waals surface area contributed by atoms with Crippen molar-refractivity contribution in [2.24, 2.45) is 5.73 Å². The maximum absolute atomic E-state index is 13.3. The lowest BCUT2D eigenvalue weighted by molar-refractivity contribution is 0.0917. The Hall–Kier alpha value is -1.01. The second-order valence-electron chi connectivity index (χ2n) is 5.44. The number of nitrogens with one attached hydrogen (secondary N) is 1. The van der Waals surface area contributed by atoms with Crippen molar-refractivity contribution < 1.29 is 9.18 Å². The van der Waals surface area contributed by atoms with Gasteiger partial charge in [-0.3, -0.25) is 4.79 Å². The summed E-state index contributed by atoms with van der Waals surface area (Å²) in [5, 5.41) is 2.99. The van der Waals surface area contributed by atoms with Gasteiger partial charge in [0.25, 0.3) is 5.91 Å². The van der Waals surface area contributed by atoms with E-state index in [-0.39, 0.29) is 10.4 Å². The largest absolute Gasteiger partial charge is 0.391 e. The third-order valence-corrected chi connectivity index (χ3v) is 4.96. The molecule has 3 N–H and O–H groups in total. The van der Waals surface area contributed by atoms with Crippen LogP contribution in [0.4, 0.5) is 4.39 Å². The summed E-state index contributed by atoms with van der Waals surface area (Å²) in [6.45, 7) is 0. The molecule has 1 aliphatic rings. The standard InChI is InChI=1S/C15H18BrFN2OS/c16-11-9-10(5-6-12(11)17)13(20)19-15(14(18)21)7-3-1-2-4-8-15/h5-6,9H,1-4,7-8H2,(H2,18,21)(H,19,20). The zero-order valence-electron chi connectivity index (χ0n) is 11.6. The molecule has 0 heterocycles. The summed E-state index contributed by atoms with van der Waals surface area (Å²) in [7, 11) is 0. The van der Waals surface area contributed by atoms with Crippen molar-refractivity contribution in [1.82, 2.24) is 5.32 Å². The number of hydrogen-bond donors (Lipinski definition) is 2. The van der Waals surface area contributed by atoms with Gasteiger partial charge >= 0.3 is 0 Å². The summed E-state index contributed by atoms with van der Waals surface area (Å²) in [5.41, 5.74) is 5.67. The number of carbonyl (C=O) groups excluding carboxylic acids is 1. The summed E-state index contributed by atoms with van der Waals surface area (Å²) >= 11 is 8.29. The maximum atomic E-state index is 13.3. The second-order valence-corrected chi connectivity index (χ2v) is 6.74. The van der Waals surface area contributed by atoms with Crippen molar-refractivity contribution in [1.29, 1.82) is 0 Å². The minimum atomic E-state index is -0.621. The highest BCUT2D eigenvalue weighted by atomic mass is 79.9. The van der Waals surface area contributed by atoms with Crippen molar-refractivity contribution in [3.8, 4) is 0 Å². The van der Waals surface area contributed by atoms with Crippen molar-refractivity contribution in [2.75, 3.05) is 0 Å². The van der Waals surface area contributed by atoms with E-state index in [0.29, 0.717) is 10.6 Å². The Balaban J connectivity index is 2.21. The van der Waals surface area contributed by atoms with Crippen LogP contribution in [0.5, 0.6) is 0 Å². The number of benzene rings is 1. The molecule has 0 unspecified atom stereocenters. The van der Waals surface area contributed by atoms with Crippen LogP contribution in [-0.4, -0.2) is 16.4 Å². The average molecular weight is 373 g/mol. The third kappa shape index (κ3) is 3.80. The molecular formula is C15H18BrFN2OS. The van der Waals surface area contributed by atoms with Crippen LogP contribution in [0.1, 0.15) is 48.9 Å². The van der Waals surface area contributed by atoms with E-state index in [4.69, 9.17) is 18.0 Å². The number of nitrogens with two attached hydrogens (primary N) is 1. The van der Waals surface area contributed by atoms with Crippen LogP contribution in [0.2, 0.25) is 0 Å². The van der Waals surface area contributed by atoms with Crippen LogP contribution in [0.25, 0.3) is 0 Å². The molecule has 1 fully saturated rings. The molecule has 1 aliphatic carbocycles. The summed E-state index contributed by atoms with van der Waals surface area (Å²) < 4.78 is 13.5. The fourth-order valence-electron chi connectivity index (χ4n) is 2.69. The van der Waals surface area contributed by atoms with E-state index in [1.165, 1.54) is 18.2 Å². The molecule has 0 bridgehead atoms. The van der Waals surface area contributed by atoms with E-state index in [2.05, 4.69) is 21.2 Å². The summed E-state index contributed by atoms with van der Waals surface area (Å²) in [6.07, 6.45) is 5.76. The van der Waals surface area contributed by atoms with Gasteiger partial charge in [0.05, 0.1) is 15.0 Å². The van der Waals surface area contributed by atoms with Gasteiger partial charge < -0.3 is 11.1 Å². The van der Waals surface area contributed by atoms with E-state index >= 15 is 0 Å². The van der Waals surface area contributed by atoms with Crippen LogP contribution in [0.3, 0.4) is 0 Å². The quantitative estimate of drug-likeness (QED) is 0.628. The molecule has 2 rings (SSSR count). The van der Waals surface area contributed by atoms with Gasteiger partial charge in [0, 0.05) is 5.56 Å². The molecule has 6 heteroatoms. The number of thiocarbonyl (C=S) groups is 1. The molecule has 0 aliphatic heterocycles. The highest BCUT2D eigenvalue weighted by Crippen LogP contribution is 2.28. The van der Waals surface area contributed by atoms with E-state index in [1.54, 1.807) is 0 Å². The Morgan fingerprint density at radius 1 is 1.29 bits per heavy atom. The molecule has 0 aromatic heterocycles. The summed E-state index contributed by atoms with van der Waals surface area (Å²) in [5.74, 6) is -0.671. The fourth-order valence-corrected chi connectivity index (χ4v) is 3.33. The van der Waals surface area contributed by atoms with Crippen LogP contribution in [-0.2, 0) is 0 Å². The molecule has 114 valence electrons. The van der Waals surface area contributed by atoms with Crippen LogP contribution >= 0.6 is 28.1 Å². The average Bonchev–Trinajstić information content (AvgIpc) is 2.68. The predicted molar refractivity (Wildman–Crippen MR) is 88.8 cm³/mol. The van der Waals surface area contributed by atoms with Gasteiger partial charge in [-0.15, -0.1) is 0 Å². The first-order valence-electron chi connectivity index (χ1n) is 7.02. The lowest BCUT2D eigenvalue weighted by Crippen LogP contribution is -2.56. The Labute approximate surface area is 137 Å². The minimum absolute atomic E-state index is 0.264. The Morgan fingerprint density at radius 2 is 1.90 bits per heavy atom. The molecule has 0 spiro atoms. The number of halogens is 2. The monoisotopic (exact) mass is 372 g/mol. The number of hydrogen-bond acceptors (Lipinski definition) is 2. The van der Waals surface area contributed by atoms with Gasteiger partial charge in [0.1, 0.15) is 5.82 Å². The van der Waals surface area contributed by atoms with Gasteiger partial charge in [-0.1, -0.05) is 37.9 Å². The van der Waals surface area contributed by atoms with Crippen molar-refractivity contribution in [3.05, 3.63) is 34.1 Å². The van der Waals surface area contributed by atoms with E-state index in [0.717, 1.165) is 38.5 Å². The zero-order valence-corrected chi connectivity index (χ0v) is 14.0. The Morgan fingerprint density at radius 3 is 2.43 bits per heavy atom. The highest BCUT2D eigenvalue weighted by molar-refractivity contribution is 9.10. The van der Waals surface area contributed by atoms with Gasteiger partial charge in [-0.25, -0.2) is 4.39 Å². The van der Waals surface area contributed by atoms with Crippen molar-refractivity contribution >= 4 is 39.0 Å².